The Labute approximate surface area is 182 Å². The van der Waals surface area contributed by atoms with Gasteiger partial charge in [-0.1, -0.05) is 24.1 Å². The van der Waals surface area contributed by atoms with Crippen molar-refractivity contribution in [2.45, 2.75) is 13.0 Å². The van der Waals surface area contributed by atoms with Crippen molar-refractivity contribution in [2.24, 2.45) is 4.99 Å². The van der Waals surface area contributed by atoms with E-state index in [4.69, 9.17) is 15.9 Å². The molecule has 0 heterocycles. The highest BCUT2D eigenvalue weighted by Gasteiger charge is 2.06. The summed E-state index contributed by atoms with van der Waals surface area (Å²) in [4.78, 5) is 4.20. The van der Waals surface area contributed by atoms with E-state index in [1.165, 1.54) is 12.1 Å². The van der Waals surface area contributed by atoms with Crippen molar-refractivity contribution >= 4 is 29.9 Å². The van der Waals surface area contributed by atoms with Crippen LogP contribution in [0.4, 0.5) is 4.39 Å². The zero-order chi connectivity index (χ0) is 19.5. The number of hydrogen-bond donors (Lipinski definition) is 2. The second-order valence-corrected chi connectivity index (χ2v) is 5.71. The standard InChI is InChI=1S/C21H24FN3O2.HI/c1-4-12-27-20-14-17(8-9-19(20)26-3)15-25-21(23-2)24-11-10-16-6-5-7-18(22)13-16;/h1,5-9,13-14H,10-12,15H2,2-3H3,(H2,23,24,25);1H. The van der Waals surface area contributed by atoms with Gasteiger partial charge in [0.05, 0.1) is 7.11 Å². The van der Waals surface area contributed by atoms with Crippen LogP contribution in [-0.2, 0) is 13.0 Å². The molecule has 2 aromatic carbocycles. The molecule has 0 bridgehead atoms. The molecule has 0 saturated heterocycles. The highest BCUT2D eigenvalue weighted by Crippen LogP contribution is 2.27. The van der Waals surface area contributed by atoms with Gasteiger partial charge in [0.25, 0.3) is 0 Å². The first-order valence-corrected chi connectivity index (χ1v) is 8.58. The molecule has 28 heavy (non-hydrogen) atoms. The summed E-state index contributed by atoms with van der Waals surface area (Å²) in [5.74, 6) is 4.11. The third-order valence-electron chi connectivity index (χ3n) is 3.82. The van der Waals surface area contributed by atoms with E-state index in [0.717, 1.165) is 11.1 Å². The molecule has 0 fully saturated rings. The molecular weight excluding hydrogens is 472 g/mol. The Morgan fingerprint density at radius 1 is 1.14 bits per heavy atom. The Balaban J connectivity index is 0.00000392. The normalized spacial score (nSPS) is 10.4. The molecule has 2 rings (SSSR count). The van der Waals surface area contributed by atoms with Crippen LogP contribution in [-0.4, -0.2) is 33.3 Å². The molecule has 0 atom stereocenters. The summed E-state index contributed by atoms with van der Waals surface area (Å²) in [7, 11) is 3.29. The predicted octanol–water partition coefficient (Wildman–Crippen LogP) is 3.37. The van der Waals surface area contributed by atoms with Crippen molar-refractivity contribution < 1.29 is 13.9 Å². The number of nitrogens with zero attached hydrogens (tertiary/aromatic N) is 1. The molecule has 0 unspecified atom stereocenters. The van der Waals surface area contributed by atoms with Gasteiger partial charge >= 0.3 is 0 Å². The molecule has 0 saturated carbocycles. The van der Waals surface area contributed by atoms with Crippen LogP contribution >= 0.6 is 24.0 Å². The van der Waals surface area contributed by atoms with E-state index in [-0.39, 0.29) is 36.4 Å². The number of benzene rings is 2. The van der Waals surface area contributed by atoms with Crippen molar-refractivity contribution in [1.29, 1.82) is 0 Å². The van der Waals surface area contributed by atoms with Gasteiger partial charge in [-0.05, 0) is 41.8 Å². The van der Waals surface area contributed by atoms with Crippen LogP contribution in [0.25, 0.3) is 0 Å². The quantitative estimate of drug-likeness (QED) is 0.254. The van der Waals surface area contributed by atoms with Gasteiger partial charge in [0, 0.05) is 20.1 Å². The number of rotatable bonds is 8. The Bertz CT molecular complexity index is 822. The molecular formula is C21H25FIN3O2. The van der Waals surface area contributed by atoms with Gasteiger partial charge in [-0.3, -0.25) is 4.99 Å². The number of halogens is 2. The van der Waals surface area contributed by atoms with Crippen molar-refractivity contribution in [3.8, 4) is 23.8 Å². The van der Waals surface area contributed by atoms with Gasteiger partial charge in [-0.25, -0.2) is 4.39 Å². The number of methoxy groups -OCH3 is 1. The summed E-state index contributed by atoms with van der Waals surface area (Å²) in [6.07, 6.45) is 5.95. The lowest BCUT2D eigenvalue weighted by Gasteiger charge is -2.14. The zero-order valence-corrected chi connectivity index (χ0v) is 18.3. The van der Waals surface area contributed by atoms with Crippen LogP contribution in [0, 0.1) is 18.2 Å². The van der Waals surface area contributed by atoms with Gasteiger partial charge < -0.3 is 20.1 Å². The van der Waals surface area contributed by atoms with Crippen LogP contribution in [0.1, 0.15) is 11.1 Å². The fourth-order valence-electron chi connectivity index (χ4n) is 2.49. The number of guanidine groups is 1. The maximum atomic E-state index is 13.2. The monoisotopic (exact) mass is 497 g/mol. The highest BCUT2D eigenvalue weighted by molar-refractivity contribution is 14.0. The summed E-state index contributed by atoms with van der Waals surface area (Å²) < 4.78 is 24.0. The van der Waals surface area contributed by atoms with E-state index < -0.39 is 0 Å². The minimum atomic E-state index is -0.225. The minimum Gasteiger partial charge on any atom is -0.493 e. The van der Waals surface area contributed by atoms with Crippen LogP contribution < -0.4 is 20.1 Å². The molecule has 150 valence electrons. The molecule has 0 radical (unpaired) electrons. The first-order chi connectivity index (χ1) is 13.2. The number of ether oxygens (including phenoxy) is 2. The fraction of sp³-hybridized carbons (Fsp3) is 0.286. The van der Waals surface area contributed by atoms with Crippen LogP contribution in [0.2, 0.25) is 0 Å². The molecule has 0 amide bonds. The van der Waals surface area contributed by atoms with Gasteiger partial charge in [0.2, 0.25) is 0 Å². The molecule has 7 heteroatoms. The third-order valence-corrected chi connectivity index (χ3v) is 3.82. The van der Waals surface area contributed by atoms with E-state index in [2.05, 4.69) is 21.5 Å². The maximum Gasteiger partial charge on any atom is 0.191 e. The molecule has 0 aromatic heterocycles. The summed E-state index contributed by atoms with van der Waals surface area (Å²) >= 11 is 0. The van der Waals surface area contributed by atoms with Crippen molar-refractivity contribution in [3.63, 3.8) is 0 Å². The molecule has 0 aliphatic carbocycles. The maximum absolute atomic E-state index is 13.2. The lowest BCUT2D eigenvalue weighted by atomic mass is 10.1. The second-order valence-electron chi connectivity index (χ2n) is 5.71. The Morgan fingerprint density at radius 2 is 1.96 bits per heavy atom. The van der Waals surface area contributed by atoms with Gasteiger partial charge in [0.15, 0.2) is 17.5 Å². The topological polar surface area (TPSA) is 54.9 Å². The SMILES string of the molecule is C#CCOc1cc(CNC(=NC)NCCc2cccc(F)c2)ccc1OC.I. The van der Waals surface area contributed by atoms with Gasteiger partial charge in [0.1, 0.15) is 12.4 Å². The summed E-state index contributed by atoms with van der Waals surface area (Å²) in [6, 6.07) is 12.2. The van der Waals surface area contributed by atoms with Gasteiger partial charge in [-0.15, -0.1) is 30.4 Å². The summed E-state index contributed by atoms with van der Waals surface area (Å²) in [6.45, 7) is 1.37. The van der Waals surface area contributed by atoms with E-state index >= 15 is 0 Å². The fourth-order valence-corrected chi connectivity index (χ4v) is 2.49. The predicted molar refractivity (Wildman–Crippen MR) is 121 cm³/mol. The number of hydrogen-bond acceptors (Lipinski definition) is 3. The Hall–Kier alpha value is -2.47. The lowest BCUT2D eigenvalue weighted by Crippen LogP contribution is -2.37. The Kier molecular flexibility index (Phi) is 10.8. The zero-order valence-electron chi connectivity index (χ0n) is 16.0. The molecule has 0 spiro atoms. The number of aliphatic imine (C=N–C) groups is 1. The number of nitrogens with one attached hydrogen (secondary N) is 2. The molecule has 0 aliphatic rings. The van der Waals surface area contributed by atoms with Gasteiger partial charge in [-0.2, -0.15) is 0 Å². The first kappa shape index (κ1) is 23.6. The average molecular weight is 497 g/mol. The lowest BCUT2D eigenvalue weighted by molar-refractivity contribution is 0.330. The van der Waals surface area contributed by atoms with E-state index in [1.54, 1.807) is 20.2 Å². The highest BCUT2D eigenvalue weighted by atomic mass is 127. The molecule has 2 N–H and O–H groups in total. The van der Waals surface area contributed by atoms with E-state index in [9.17, 15) is 4.39 Å². The second kappa shape index (κ2) is 12.8. The number of terminal acetylenes is 1. The van der Waals surface area contributed by atoms with E-state index in [1.807, 2.05) is 24.3 Å². The first-order valence-electron chi connectivity index (χ1n) is 8.58. The van der Waals surface area contributed by atoms with Crippen molar-refractivity contribution in [1.82, 2.24) is 10.6 Å². The molecule has 5 nitrogen and oxygen atoms in total. The third kappa shape index (κ3) is 7.64. The van der Waals surface area contributed by atoms with Crippen LogP contribution in [0.15, 0.2) is 47.5 Å². The van der Waals surface area contributed by atoms with Crippen LogP contribution in [0.3, 0.4) is 0 Å². The Morgan fingerprint density at radius 3 is 2.64 bits per heavy atom. The largest absolute Gasteiger partial charge is 0.493 e. The van der Waals surface area contributed by atoms with Crippen molar-refractivity contribution in [2.75, 3.05) is 27.3 Å². The van der Waals surface area contributed by atoms with Crippen molar-refractivity contribution in [3.05, 3.63) is 59.4 Å². The molecule has 2 aromatic rings. The minimum absolute atomic E-state index is 0. The van der Waals surface area contributed by atoms with Crippen LogP contribution in [0.5, 0.6) is 11.5 Å². The van der Waals surface area contributed by atoms with E-state index in [0.29, 0.717) is 37.0 Å². The summed E-state index contributed by atoms with van der Waals surface area (Å²) in [5.41, 5.74) is 1.93. The summed E-state index contributed by atoms with van der Waals surface area (Å²) in [5, 5.41) is 6.45. The smallest absolute Gasteiger partial charge is 0.191 e. The molecule has 0 aliphatic heterocycles. The average Bonchev–Trinajstić information content (AvgIpc) is 2.69.